The van der Waals surface area contributed by atoms with Gasteiger partial charge in [0.05, 0.1) is 11.3 Å². The lowest BCUT2D eigenvalue weighted by Crippen LogP contribution is -2.19. The van der Waals surface area contributed by atoms with Crippen LogP contribution in [0.1, 0.15) is 12.5 Å². The van der Waals surface area contributed by atoms with Crippen LogP contribution in [0, 0.1) is 11.3 Å². The zero-order chi connectivity index (χ0) is 11.4. The maximum Gasteiger partial charge on any atom is 0.101 e. The molecule has 2 nitrogen and oxygen atoms in total. The summed E-state index contributed by atoms with van der Waals surface area (Å²) in [5.74, 6) is 0. The molecule has 0 saturated carbocycles. The summed E-state index contributed by atoms with van der Waals surface area (Å²) < 4.78 is 0. The van der Waals surface area contributed by atoms with Crippen molar-refractivity contribution >= 4 is 17.3 Å². The molecule has 3 heteroatoms. The van der Waals surface area contributed by atoms with Gasteiger partial charge in [-0.1, -0.05) is 23.8 Å². The highest BCUT2D eigenvalue weighted by molar-refractivity contribution is 6.30. The van der Waals surface area contributed by atoms with Crippen LogP contribution in [0.4, 0.5) is 5.69 Å². The Morgan fingerprint density at radius 3 is 2.80 bits per heavy atom. The van der Waals surface area contributed by atoms with E-state index in [-0.39, 0.29) is 0 Å². The first-order valence-electron chi connectivity index (χ1n) is 4.59. The normalized spacial score (nSPS) is 9.47. The fourth-order valence-electron chi connectivity index (χ4n) is 1.41. The van der Waals surface area contributed by atoms with Gasteiger partial charge in [0.1, 0.15) is 6.07 Å². The van der Waals surface area contributed by atoms with E-state index in [1.165, 1.54) is 0 Å². The quantitative estimate of drug-likeness (QED) is 0.732. The topological polar surface area (TPSA) is 27.0 Å². The number of anilines is 1. The van der Waals surface area contributed by atoms with E-state index in [1.54, 1.807) is 18.2 Å². The molecule has 1 aromatic rings. The predicted molar refractivity (Wildman–Crippen MR) is 64.3 cm³/mol. The lowest BCUT2D eigenvalue weighted by molar-refractivity contribution is 0.983. The molecule has 0 spiro atoms. The largest absolute Gasteiger partial charge is 0.370 e. The number of benzene rings is 1. The zero-order valence-corrected chi connectivity index (χ0v) is 9.67. The van der Waals surface area contributed by atoms with Gasteiger partial charge in [0.25, 0.3) is 0 Å². The van der Waals surface area contributed by atoms with Crippen molar-refractivity contribution in [1.29, 1.82) is 5.26 Å². The molecule has 15 heavy (non-hydrogen) atoms. The van der Waals surface area contributed by atoms with Gasteiger partial charge in [-0.05, 0) is 25.1 Å². The summed E-state index contributed by atoms with van der Waals surface area (Å²) >= 11 is 5.90. The van der Waals surface area contributed by atoms with Crippen molar-refractivity contribution in [2.75, 3.05) is 18.5 Å². The van der Waals surface area contributed by atoms with Gasteiger partial charge in [-0.15, -0.1) is 0 Å². The molecule has 0 aromatic heterocycles. The highest BCUT2D eigenvalue weighted by Gasteiger charge is 2.07. The molecule has 0 saturated heterocycles. The van der Waals surface area contributed by atoms with Crippen LogP contribution in [0.25, 0.3) is 0 Å². The monoisotopic (exact) mass is 220 g/mol. The summed E-state index contributed by atoms with van der Waals surface area (Å²) in [5, 5.41) is 9.59. The second-order valence-electron chi connectivity index (χ2n) is 3.59. The first-order valence-corrected chi connectivity index (χ1v) is 4.97. The average molecular weight is 221 g/mol. The van der Waals surface area contributed by atoms with Crippen molar-refractivity contribution in [3.05, 3.63) is 40.9 Å². The third kappa shape index (κ3) is 3.00. The van der Waals surface area contributed by atoms with E-state index in [0.717, 1.165) is 17.8 Å². The molecule has 78 valence electrons. The molecule has 0 N–H and O–H groups in total. The van der Waals surface area contributed by atoms with Crippen molar-refractivity contribution in [3.8, 4) is 6.07 Å². The Hall–Kier alpha value is -1.46. The van der Waals surface area contributed by atoms with E-state index < -0.39 is 0 Å². The fourth-order valence-corrected chi connectivity index (χ4v) is 1.57. The first kappa shape index (κ1) is 11.6. The average Bonchev–Trinajstić information content (AvgIpc) is 2.16. The minimum atomic E-state index is 0.628. The zero-order valence-electron chi connectivity index (χ0n) is 8.92. The molecule has 0 radical (unpaired) electrons. The maximum absolute atomic E-state index is 8.95. The van der Waals surface area contributed by atoms with Gasteiger partial charge < -0.3 is 4.90 Å². The molecule has 0 heterocycles. The highest BCUT2D eigenvalue weighted by Crippen LogP contribution is 2.23. The Morgan fingerprint density at radius 2 is 2.27 bits per heavy atom. The second-order valence-corrected chi connectivity index (χ2v) is 4.02. The van der Waals surface area contributed by atoms with E-state index >= 15 is 0 Å². The van der Waals surface area contributed by atoms with Crippen molar-refractivity contribution < 1.29 is 0 Å². The van der Waals surface area contributed by atoms with E-state index in [1.807, 2.05) is 18.9 Å². The van der Waals surface area contributed by atoms with Crippen molar-refractivity contribution in [1.82, 2.24) is 0 Å². The Balaban J connectivity index is 3.06. The van der Waals surface area contributed by atoms with Crippen LogP contribution in [0.3, 0.4) is 0 Å². The molecular formula is C12H13ClN2. The van der Waals surface area contributed by atoms with E-state index in [2.05, 4.69) is 12.6 Å². The van der Waals surface area contributed by atoms with Gasteiger partial charge in [-0.2, -0.15) is 5.26 Å². The molecular weight excluding hydrogens is 208 g/mol. The van der Waals surface area contributed by atoms with Gasteiger partial charge in [-0.25, -0.2) is 0 Å². The summed E-state index contributed by atoms with van der Waals surface area (Å²) in [7, 11) is 1.92. The second kappa shape index (κ2) is 4.86. The summed E-state index contributed by atoms with van der Waals surface area (Å²) in [6.07, 6.45) is 0. The minimum absolute atomic E-state index is 0.628. The number of halogens is 1. The highest BCUT2D eigenvalue weighted by atomic mass is 35.5. The van der Waals surface area contributed by atoms with Crippen LogP contribution in [0.5, 0.6) is 0 Å². The molecule has 0 amide bonds. The summed E-state index contributed by atoms with van der Waals surface area (Å²) in [6, 6.07) is 7.39. The number of hydrogen-bond donors (Lipinski definition) is 0. The Labute approximate surface area is 95.4 Å². The summed E-state index contributed by atoms with van der Waals surface area (Å²) in [4.78, 5) is 1.97. The van der Waals surface area contributed by atoms with Crippen LogP contribution in [-0.4, -0.2) is 13.6 Å². The van der Waals surface area contributed by atoms with Crippen molar-refractivity contribution in [2.24, 2.45) is 0 Å². The molecule has 1 aromatic carbocycles. The number of likely N-dealkylation sites (N-methyl/N-ethyl adjacent to an activating group) is 1. The summed E-state index contributed by atoms with van der Waals surface area (Å²) in [6.45, 7) is 6.51. The Morgan fingerprint density at radius 1 is 1.60 bits per heavy atom. The Kier molecular flexibility index (Phi) is 3.76. The molecule has 0 aliphatic heterocycles. The van der Waals surface area contributed by atoms with E-state index in [9.17, 15) is 0 Å². The van der Waals surface area contributed by atoms with Crippen LogP contribution in [0.2, 0.25) is 5.02 Å². The van der Waals surface area contributed by atoms with Crippen molar-refractivity contribution in [3.63, 3.8) is 0 Å². The van der Waals surface area contributed by atoms with Crippen LogP contribution in [0.15, 0.2) is 30.4 Å². The number of hydrogen-bond acceptors (Lipinski definition) is 2. The van der Waals surface area contributed by atoms with Gasteiger partial charge in [0.2, 0.25) is 0 Å². The molecule has 0 unspecified atom stereocenters. The molecule has 0 atom stereocenters. The lowest BCUT2D eigenvalue weighted by atomic mass is 10.1. The molecule has 0 aliphatic carbocycles. The molecule has 1 rings (SSSR count). The standard InChI is InChI=1S/C12H13ClN2/c1-9(2)8-15(3)12-6-11(13)5-4-10(12)7-14/h4-6H,1,8H2,2-3H3. The van der Waals surface area contributed by atoms with E-state index in [4.69, 9.17) is 16.9 Å². The third-order valence-electron chi connectivity index (χ3n) is 2.00. The smallest absolute Gasteiger partial charge is 0.101 e. The van der Waals surface area contributed by atoms with Crippen LogP contribution >= 0.6 is 11.6 Å². The Bertz CT molecular complexity index is 418. The summed E-state index contributed by atoms with van der Waals surface area (Å²) in [5.41, 5.74) is 2.51. The number of nitriles is 1. The van der Waals surface area contributed by atoms with Gasteiger partial charge in [-0.3, -0.25) is 0 Å². The lowest BCUT2D eigenvalue weighted by Gasteiger charge is -2.20. The minimum Gasteiger partial charge on any atom is -0.370 e. The number of nitrogens with zero attached hydrogens (tertiary/aromatic N) is 2. The first-order chi connectivity index (χ1) is 7.04. The maximum atomic E-state index is 8.95. The van der Waals surface area contributed by atoms with Gasteiger partial charge in [0.15, 0.2) is 0 Å². The van der Waals surface area contributed by atoms with Crippen LogP contribution < -0.4 is 4.90 Å². The van der Waals surface area contributed by atoms with Crippen LogP contribution in [-0.2, 0) is 0 Å². The predicted octanol–water partition coefficient (Wildman–Crippen LogP) is 3.22. The molecule has 0 bridgehead atoms. The van der Waals surface area contributed by atoms with Crippen molar-refractivity contribution in [2.45, 2.75) is 6.92 Å². The fraction of sp³-hybridized carbons (Fsp3) is 0.250. The third-order valence-corrected chi connectivity index (χ3v) is 2.23. The molecule has 0 fully saturated rings. The van der Waals surface area contributed by atoms with Gasteiger partial charge in [0, 0.05) is 18.6 Å². The number of rotatable bonds is 3. The SMILES string of the molecule is C=C(C)CN(C)c1cc(Cl)ccc1C#N. The molecule has 0 aliphatic rings. The van der Waals surface area contributed by atoms with Gasteiger partial charge >= 0.3 is 0 Å². The van der Waals surface area contributed by atoms with E-state index in [0.29, 0.717) is 10.6 Å².